The fourth-order valence-corrected chi connectivity index (χ4v) is 1.41. The molecule has 1 amide bonds. The number of nitrogens with one attached hydrogen (secondary N) is 1. The molecule has 0 saturated heterocycles. The summed E-state index contributed by atoms with van der Waals surface area (Å²) in [6.07, 6.45) is 2.20. The van der Waals surface area contributed by atoms with Crippen LogP contribution in [0.15, 0.2) is 22.8 Å². The Bertz CT molecular complexity index is 293. The summed E-state index contributed by atoms with van der Waals surface area (Å²) in [6.45, 7) is 4.04. The first-order valence-corrected chi connectivity index (χ1v) is 5.08. The van der Waals surface area contributed by atoms with Crippen molar-refractivity contribution in [2.75, 3.05) is 6.61 Å². The molecule has 0 aliphatic rings. The smallest absolute Gasteiger partial charge is 0.287 e. The number of hydrogen-bond donors (Lipinski definition) is 2. The molecule has 0 radical (unpaired) electrons. The molecule has 4 nitrogen and oxygen atoms in total. The van der Waals surface area contributed by atoms with Crippen molar-refractivity contribution in [3.8, 4) is 0 Å². The molecule has 1 unspecified atom stereocenters. The van der Waals surface area contributed by atoms with Gasteiger partial charge in [-0.1, -0.05) is 13.8 Å². The first-order valence-electron chi connectivity index (χ1n) is 5.08. The molecule has 1 rings (SSSR count). The van der Waals surface area contributed by atoms with E-state index in [1.165, 1.54) is 6.26 Å². The van der Waals surface area contributed by atoms with Gasteiger partial charge in [-0.3, -0.25) is 4.79 Å². The highest BCUT2D eigenvalue weighted by molar-refractivity contribution is 5.91. The third-order valence-corrected chi connectivity index (χ3v) is 2.06. The second-order valence-electron chi connectivity index (χ2n) is 3.96. The second-order valence-corrected chi connectivity index (χ2v) is 3.96. The van der Waals surface area contributed by atoms with Crippen LogP contribution in [0.25, 0.3) is 0 Å². The number of aliphatic hydroxyl groups is 1. The van der Waals surface area contributed by atoms with Gasteiger partial charge >= 0.3 is 0 Å². The second kappa shape index (κ2) is 5.56. The zero-order valence-electron chi connectivity index (χ0n) is 9.06. The molecule has 2 N–H and O–H groups in total. The summed E-state index contributed by atoms with van der Waals surface area (Å²) >= 11 is 0. The summed E-state index contributed by atoms with van der Waals surface area (Å²) < 4.78 is 4.95. The molecule has 0 spiro atoms. The molecule has 0 aromatic carbocycles. The van der Waals surface area contributed by atoms with Crippen LogP contribution in [0.3, 0.4) is 0 Å². The number of carbonyl (C=O) groups excluding carboxylic acids is 1. The van der Waals surface area contributed by atoms with Gasteiger partial charge in [-0.25, -0.2) is 0 Å². The average molecular weight is 211 g/mol. The van der Waals surface area contributed by atoms with E-state index in [0.29, 0.717) is 5.92 Å². The Kier molecular flexibility index (Phi) is 4.37. The molecule has 0 saturated carbocycles. The summed E-state index contributed by atoms with van der Waals surface area (Å²) in [7, 11) is 0. The Morgan fingerprint density at radius 3 is 2.80 bits per heavy atom. The van der Waals surface area contributed by atoms with Crippen molar-refractivity contribution < 1.29 is 14.3 Å². The minimum atomic E-state index is -0.278. The summed E-state index contributed by atoms with van der Waals surface area (Å²) in [4.78, 5) is 11.5. The zero-order valence-corrected chi connectivity index (χ0v) is 9.06. The third kappa shape index (κ3) is 3.75. The molecule has 0 aliphatic carbocycles. The van der Waals surface area contributed by atoms with Crippen LogP contribution in [0.1, 0.15) is 30.8 Å². The summed E-state index contributed by atoms with van der Waals surface area (Å²) in [5.74, 6) is 0.427. The lowest BCUT2D eigenvalue weighted by Gasteiger charge is -2.17. The summed E-state index contributed by atoms with van der Waals surface area (Å²) in [5, 5.41) is 11.8. The van der Waals surface area contributed by atoms with Crippen LogP contribution in [0, 0.1) is 5.92 Å². The largest absolute Gasteiger partial charge is 0.459 e. The summed E-state index contributed by atoms with van der Waals surface area (Å²) in [6, 6.07) is 3.05. The number of furan rings is 1. The number of aliphatic hydroxyl groups excluding tert-OH is 1. The van der Waals surface area contributed by atoms with Gasteiger partial charge < -0.3 is 14.8 Å². The molecule has 1 atom stereocenters. The van der Waals surface area contributed by atoms with Gasteiger partial charge in [-0.2, -0.15) is 0 Å². The molecular weight excluding hydrogens is 194 g/mol. The van der Waals surface area contributed by atoms with Gasteiger partial charge in [-0.15, -0.1) is 0 Å². The van der Waals surface area contributed by atoms with Crippen molar-refractivity contribution >= 4 is 5.91 Å². The number of carbonyl (C=O) groups is 1. The maximum Gasteiger partial charge on any atom is 0.287 e. The molecule has 1 heterocycles. The fourth-order valence-electron chi connectivity index (χ4n) is 1.41. The Morgan fingerprint density at radius 1 is 1.60 bits per heavy atom. The Hall–Kier alpha value is -1.29. The monoisotopic (exact) mass is 211 g/mol. The molecule has 84 valence electrons. The van der Waals surface area contributed by atoms with Gasteiger partial charge in [0.15, 0.2) is 5.76 Å². The molecular formula is C11H17NO3. The molecule has 15 heavy (non-hydrogen) atoms. The van der Waals surface area contributed by atoms with Crippen LogP contribution >= 0.6 is 0 Å². The van der Waals surface area contributed by atoms with Crippen LogP contribution in [-0.4, -0.2) is 23.7 Å². The first-order chi connectivity index (χ1) is 7.13. The van der Waals surface area contributed by atoms with Gasteiger partial charge in [0.05, 0.1) is 18.9 Å². The number of amides is 1. The molecule has 1 aromatic heterocycles. The minimum absolute atomic E-state index is 0.0510. The van der Waals surface area contributed by atoms with Crippen LogP contribution in [0.5, 0.6) is 0 Å². The van der Waals surface area contributed by atoms with Gasteiger partial charge in [-0.05, 0) is 24.5 Å². The van der Waals surface area contributed by atoms with Crippen molar-refractivity contribution in [1.29, 1.82) is 0 Å². The van der Waals surface area contributed by atoms with Crippen molar-refractivity contribution in [2.24, 2.45) is 5.92 Å². The molecule has 0 bridgehead atoms. The average Bonchev–Trinajstić information content (AvgIpc) is 2.68. The highest BCUT2D eigenvalue weighted by atomic mass is 16.3. The Balaban J connectivity index is 2.48. The van der Waals surface area contributed by atoms with Crippen molar-refractivity contribution in [3.63, 3.8) is 0 Å². The van der Waals surface area contributed by atoms with Crippen LogP contribution in [0.2, 0.25) is 0 Å². The summed E-state index contributed by atoms with van der Waals surface area (Å²) in [5.41, 5.74) is 0. The molecule has 0 fully saturated rings. The maximum absolute atomic E-state index is 11.5. The van der Waals surface area contributed by atoms with E-state index in [1.54, 1.807) is 12.1 Å². The Morgan fingerprint density at radius 2 is 2.33 bits per heavy atom. The number of rotatable bonds is 5. The van der Waals surface area contributed by atoms with Gasteiger partial charge in [0.1, 0.15) is 0 Å². The van der Waals surface area contributed by atoms with E-state index in [1.807, 2.05) is 13.8 Å². The van der Waals surface area contributed by atoms with E-state index in [2.05, 4.69) is 5.32 Å². The van der Waals surface area contributed by atoms with Crippen molar-refractivity contribution in [1.82, 2.24) is 5.32 Å². The lowest BCUT2D eigenvalue weighted by atomic mass is 10.0. The quantitative estimate of drug-likeness (QED) is 0.774. The molecule has 1 aromatic rings. The third-order valence-electron chi connectivity index (χ3n) is 2.06. The highest BCUT2D eigenvalue weighted by Crippen LogP contribution is 2.06. The van der Waals surface area contributed by atoms with E-state index < -0.39 is 0 Å². The van der Waals surface area contributed by atoms with Crippen molar-refractivity contribution in [2.45, 2.75) is 26.3 Å². The van der Waals surface area contributed by atoms with Crippen molar-refractivity contribution in [3.05, 3.63) is 24.2 Å². The maximum atomic E-state index is 11.5. The fraction of sp³-hybridized carbons (Fsp3) is 0.545. The van der Waals surface area contributed by atoms with E-state index in [0.717, 1.165) is 6.42 Å². The standard InChI is InChI=1S/C11H17NO3/c1-8(2)6-9(7-13)12-11(14)10-4-3-5-15-10/h3-5,8-9,13H,6-7H2,1-2H3,(H,12,14). The normalized spacial score (nSPS) is 12.8. The van der Waals surface area contributed by atoms with E-state index in [9.17, 15) is 4.79 Å². The van der Waals surface area contributed by atoms with Crippen LogP contribution < -0.4 is 5.32 Å². The van der Waals surface area contributed by atoms with Gasteiger partial charge in [0, 0.05) is 0 Å². The topological polar surface area (TPSA) is 62.5 Å². The Labute approximate surface area is 89.3 Å². The predicted molar refractivity (Wildman–Crippen MR) is 56.5 cm³/mol. The van der Waals surface area contributed by atoms with Crippen LogP contribution in [-0.2, 0) is 0 Å². The highest BCUT2D eigenvalue weighted by Gasteiger charge is 2.15. The first kappa shape index (κ1) is 11.8. The minimum Gasteiger partial charge on any atom is -0.459 e. The SMILES string of the molecule is CC(C)CC(CO)NC(=O)c1ccco1. The number of hydrogen-bond acceptors (Lipinski definition) is 3. The lowest BCUT2D eigenvalue weighted by molar-refractivity contribution is 0.0880. The van der Waals surface area contributed by atoms with Crippen LogP contribution in [0.4, 0.5) is 0 Å². The molecule has 0 aliphatic heterocycles. The van der Waals surface area contributed by atoms with E-state index >= 15 is 0 Å². The van der Waals surface area contributed by atoms with Gasteiger partial charge in [0.25, 0.3) is 5.91 Å². The van der Waals surface area contributed by atoms with E-state index in [4.69, 9.17) is 9.52 Å². The zero-order chi connectivity index (χ0) is 11.3. The molecule has 4 heteroatoms. The predicted octanol–water partition coefficient (Wildman–Crippen LogP) is 1.42. The van der Waals surface area contributed by atoms with E-state index in [-0.39, 0.29) is 24.3 Å². The lowest BCUT2D eigenvalue weighted by Crippen LogP contribution is -2.38. The van der Waals surface area contributed by atoms with Gasteiger partial charge in [0.2, 0.25) is 0 Å².